The molecule has 0 amide bonds. The topological polar surface area (TPSA) is 105 Å². The van der Waals surface area contributed by atoms with Gasteiger partial charge >= 0.3 is 0 Å². The van der Waals surface area contributed by atoms with Gasteiger partial charge < -0.3 is 16.2 Å². The SMILES string of the molecule is N[C@@H]1CCN(Cc2ccn3ncnc(Nc4ccc5ncccc5c4)c23)C[C@H]1O. The first-order chi connectivity index (χ1) is 14.2. The second-order valence-electron chi connectivity index (χ2n) is 7.53. The van der Waals surface area contributed by atoms with Gasteiger partial charge in [0.2, 0.25) is 0 Å². The maximum Gasteiger partial charge on any atom is 0.158 e. The molecule has 0 saturated carbocycles. The molecule has 1 aromatic carbocycles. The van der Waals surface area contributed by atoms with E-state index in [1.54, 1.807) is 12.5 Å². The minimum atomic E-state index is -0.488. The van der Waals surface area contributed by atoms with Gasteiger partial charge in [-0.3, -0.25) is 9.88 Å². The van der Waals surface area contributed by atoms with Gasteiger partial charge in [0.25, 0.3) is 0 Å². The molecule has 8 nitrogen and oxygen atoms in total. The number of aliphatic hydroxyl groups is 1. The first-order valence-electron chi connectivity index (χ1n) is 9.76. The van der Waals surface area contributed by atoms with E-state index in [2.05, 4.69) is 37.4 Å². The van der Waals surface area contributed by atoms with E-state index in [1.807, 2.05) is 35.0 Å². The zero-order valence-electron chi connectivity index (χ0n) is 15.9. The van der Waals surface area contributed by atoms with Gasteiger partial charge in [0.15, 0.2) is 5.82 Å². The molecule has 0 spiro atoms. The minimum absolute atomic E-state index is 0.139. The summed E-state index contributed by atoms with van der Waals surface area (Å²) in [5.41, 5.74) is 9.88. The van der Waals surface area contributed by atoms with Crippen LogP contribution in [0.1, 0.15) is 12.0 Å². The average Bonchev–Trinajstić information content (AvgIpc) is 3.14. The highest BCUT2D eigenvalue weighted by molar-refractivity contribution is 5.85. The molecule has 1 aliphatic heterocycles. The van der Waals surface area contributed by atoms with Gasteiger partial charge in [-0.05, 0) is 42.3 Å². The molecular weight excluding hydrogens is 366 g/mol. The lowest BCUT2D eigenvalue weighted by Gasteiger charge is -2.33. The number of nitrogens with two attached hydrogens (primary N) is 1. The second-order valence-corrected chi connectivity index (χ2v) is 7.53. The summed E-state index contributed by atoms with van der Waals surface area (Å²) >= 11 is 0. The lowest BCUT2D eigenvalue weighted by molar-refractivity contribution is 0.0501. The Morgan fingerprint density at radius 2 is 2.14 bits per heavy atom. The van der Waals surface area contributed by atoms with Crippen molar-refractivity contribution in [3.8, 4) is 0 Å². The van der Waals surface area contributed by atoms with Gasteiger partial charge in [0.05, 0.1) is 11.6 Å². The molecule has 148 valence electrons. The van der Waals surface area contributed by atoms with E-state index in [-0.39, 0.29) is 6.04 Å². The van der Waals surface area contributed by atoms with Crippen LogP contribution in [-0.2, 0) is 6.54 Å². The number of likely N-dealkylation sites (tertiary alicyclic amines) is 1. The lowest BCUT2D eigenvalue weighted by atomic mass is 10.0. The minimum Gasteiger partial charge on any atom is -0.390 e. The number of hydrogen-bond donors (Lipinski definition) is 3. The number of benzene rings is 1. The standard InChI is InChI=1S/C21H23N7O/c22-17-6-8-27(12-19(17)29)11-15-5-9-28-20(15)21(24-13-25-28)26-16-3-4-18-14(10-16)2-1-7-23-18/h1-5,7,9-10,13,17,19,29H,6,8,11-12,22H2,(H,24,25,26)/t17-,19-/m1/s1. The monoisotopic (exact) mass is 389 g/mol. The molecule has 29 heavy (non-hydrogen) atoms. The number of anilines is 2. The first-order valence-corrected chi connectivity index (χ1v) is 9.76. The summed E-state index contributed by atoms with van der Waals surface area (Å²) in [6, 6.07) is 11.9. The molecule has 1 saturated heterocycles. The normalized spacial score (nSPS) is 20.3. The fourth-order valence-electron chi connectivity index (χ4n) is 3.93. The van der Waals surface area contributed by atoms with Gasteiger partial charge in [0, 0.05) is 49.1 Å². The third-order valence-electron chi connectivity index (χ3n) is 5.52. The van der Waals surface area contributed by atoms with E-state index in [0.717, 1.165) is 46.5 Å². The third kappa shape index (κ3) is 3.53. The average molecular weight is 389 g/mol. The second kappa shape index (κ2) is 7.40. The Balaban J connectivity index is 1.45. The van der Waals surface area contributed by atoms with Gasteiger partial charge in [-0.25, -0.2) is 9.50 Å². The largest absolute Gasteiger partial charge is 0.390 e. The summed E-state index contributed by atoms with van der Waals surface area (Å²) in [4.78, 5) is 11.1. The number of aromatic nitrogens is 4. The Morgan fingerprint density at radius 3 is 3.03 bits per heavy atom. The highest BCUT2D eigenvalue weighted by Crippen LogP contribution is 2.26. The van der Waals surface area contributed by atoms with Crippen molar-refractivity contribution in [3.05, 3.63) is 60.7 Å². The van der Waals surface area contributed by atoms with Gasteiger partial charge in [0.1, 0.15) is 11.8 Å². The van der Waals surface area contributed by atoms with Crippen LogP contribution in [0.4, 0.5) is 11.5 Å². The Kier molecular flexibility index (Phi) is 4.59. The molecule has 2 atom stereocenters. The van der Waals surface area contributed by atoms with Crippen LogP contribution in [0.2, 0.25) is 0 Å². The Bertz CT molecular complexity index is 1160. The maximum atomic E-state index is 10.1. The molecule has 3 aromatic heterocycles. The third-order valence-corrected chi connectivity index (χ3v) is 5.52. The summed E-state index contributed by atoms with van der Waals surface area (Å²) in [6.45, 7) is 2.15. The number of β-amino-alcohol motifs (C(OH)–C–C–N with tert-alkyl or cyclic N) is 1. The molecule has 0 bridgehead atoms. The van der Waals surface area contributed by atoms with Crippen LogP contribution >= 0.6 is 0 Å². The summed E-state index contributed by atoms with van der Waals surface area (Å²) in [7, 11) is 0. The van der Waals surface area contributed by atoms with E-state index in [4.69, 9.17) is 5.73 Å². The molecule has 1 aliphatic rings. The zero-order valence-corrected chi connectivity index (χ0v) is 15.9. The molecule has 1 fully saturated rings. The quantitative estimate of drug-likeness (QED) is 0.490. The first kappa shape index (κ1) is 18.0. The summed E-state index contributed by atoms with van der Waals surface area (Å²) in [5, 5.41) is 19.0. The predicted octanol–water partition coefficient (Wildman–Crippen LogP) is 1.91. The van der Waals surface area contributed by atoms with Crippen molar-refractivity contribution in [2.24, 2.45) is 5.73 Å². The van der Waals surface area contributed by atoms with Crippen molar-refractivity contribution in [3.63, 3.8) is 0 Å². The molecular formula is C21H23N7O. The molecule has 4 heterocycles. The molecule has 0 radical (unpaired) electrons. The molecule has 4 aromatic rings. The molecule has 8 heteroatoms. The van der Waals surface area contributed by atoms with Crippen molar-refractivity contribution in [1.29, 1.82) is 0 Å². The lowest BCUT2D eigenvalue weighted by Crippen LogP contribution is -2.50. The van der Waals surface area contributed by atoms with Gasteiger partial charge in [-0.2, -0.15) is 5.10 Å². The number of nitrogens with one attached hydrogen (secondary N) is 1. The summed E-state index contributed by atoms with van der Waals surface area (Å²) in [6.07, 6.45) is 5.58. The number of rotatable bonds is 4. The zero-order chi connectivity index (χ0) is 19.8. The predicted molar refractivity (Wildman–Crippen MR) is 112 cm³/mol. The molecule has 4 N–H and O–H groups in total. The molecule has 5 rings (SSSR count). The fourth-order valence-corrected chi connectivity index (χ4v) is 3.93. The van der Waals surface area contributed by atoms with Gasteiger partial charge in [-0.1, -0.05) is 6.07 Å². The highest BCUT2D eigenvalue weighted by Gasteiger charge is 2.25. The fraction of sp³-hybridized carbons (Fsp3) is 0.286. The van der Waals surface area contributed by atoms with Crippen molar-refractivity contribution in [2.45, 2.75) is 25.1 Å². The van der Waals surface area contributed by atoms with Crippen LogP contribution in [0.5, 0.6) is 0 Å². The van der Waals surface area contributed by atoms with E-state index in [0.29, 0.717) is 13.1 Å². The van der Waals surface area contributed by atoms with E-state index in [9.17, 15) is 5.11 Å². The number of nitrogens with zero attached hydrogens (tertiary/aromatic N) is 5. The van der Waals surface area contributed by atoms with Crippen LogP contribution in [0.3, 0.4) is 0 Å². The van der Waals surface area contributed by atoms with Crippen LogP contribution in [0.15, 0.2) is 55.1 Å². The molecule has 0 aliphatic carbocycles. The molecule has 0 unspecified atom stereocenters. The van der Waals surface area contributed by atoms with Crippen LogP contribution < -0.4 is 11.1 Å². The van der Waals surface area contributed by atoms with Crippen molar-refractivity contribution in [1.82, 2.24) is 24.5 Å². The number of fused-ring (bicyclic) bond motifs is 2. The van der Waals surface area contributed by atoms with Crippen molar-refractivity contribution in [2.75, 3.05) is 18.4 Å². The number of aliphatic hydroxyl groups excluding tert-OH is 1. The van der Waals surface area contributed by atoms with E-state index >= 15 is 0 Å². The number of pyridine rings is 1. The highest BCUT2D eigenvalue weighted by atomic mass is 16.3. The summed E-state index contributed by atoms with van der Waals surface area (Å²) in [5.74, 6) is 0.748. The number of piperidine rings is 1. The van der Waals surface area contributed by atoms with Crippen molar-refractivity contribution < 1.29 is 5.11 Å². The summed E-state index contributed by atoms with van der Waals surface area (Å²) < 4.78 is 1.83. The Labute approximate surface area is 168 Å². The van der Waals surface area contributed by atoms with Crippen molar-refractivity contribution >= 4 is 27.9 Å². The van der Waals surface area contributed by atoms with E-state index in [1.165, 1.54) is 0 Å². The van der Waals surface area contributed by atoms with E-state index < -0.39 is 6.10 Å². The number of hydrogen-bond acceptors (Lipinski definition) is 7. The van der Waals surface area contributed by atoms with Gasteiger partial charge in [-0.15, -0.1) is 0 Å². The smallest absolute Gasteiger partial charge is 0.158 e. The van der Waals surface area contributed by atoms with Crippen LogP contribution in [0.25, 0.3) is 16.4 Å². The van der Waals surface area contributed by atoms with Crippen LogP contribution in [0, 0.1) is 0 Å². The maximum absolute atomic E-state index is 10.1. The van der Waals surface area contributed by atoms with Crippen LogP contribution in [-0.4, -0.2) is 54.8 Å². The Morgan fingerprint density at radius 1 is 1.21 bits per heavy atom. The Hall–Kier alpha value is -3.07.